The molecule has 2 aromatic carbocycles. The van der Waals surface area contributed by atoms with Crippen LogP contribution in [0.5, 0.6) is 0 Å². The van der Waals surface area contributed by atoms with Crippen LogP contribution in [-0.4, -0.2) is 10.4 Å². The van der Waals surface area contributed by atoms with Crippen LogP contribution in [0.25, 0.3) is 0 Å². The lowest BCUT2D eigenvalue weighted by Gasteiger charge is -2.16. The van der Waals surface area contributed by atoms with Gasteiger partial charge in [0.15, 0.2) is 0 Å². The number of benzene rings is 2. The zero-order valence-electron chi connectivity index (χ0n) is 16.2. The van der Waals surface area contributed by atoms with Crippen LogP contribution in [0.4, 0.5) is 0 Å². The molecule has 140 valence electrons. The van der Waals surface area contributed by atoms with Crippen molar-refractivity contribution in [2.24, 2.45) is 0 Å². The normalized spacial score (nSPS) is 13.4. The molecule has 0 aliphatic rings. The molecular formula is C22H29O3P. The Morgan fingerprint density at radius 3 is 2.19 bits per heavy atom. The summed E-state index contributed by atoms with van der Waals surface area (Å²) >= 11 is 0. The number of hydrogen-bond acceptors (Lipinski definition) is 2. The Balaban J connectivity index is 2.41. The van der Waals surface area contributed by atoms with Crippen molar-refractivity contribution in [3.63, 3.8) is 0 Å². The molecule has 0 amide bonds. The molecular weight excluding hydrogens is 343 g/mol. The average Bonchev–Trinajstić information content (AvgIpc) is 2.59. The first-order valence-electron chi connectivity index (χ1n) is 9.38. The SMILES string of the molecule is CCCCc1cc(C)c(C(=O)P(=O)(O)c2cccc(CCC)c2)c(C)c1. The highest BCUT2D eigenvalue weighted by Gasteiger charge is 2.34. The van der Waals surface area contributed by atoms with Gasteiger partial charge in [0.2, 0.25) is 0 Å². The van der Waals surface area contributed by atoms with Crippen molar-refractivity contribution in [1.82, 2.24) is 0 Å². The molecule has 0 spiro atoms. The van der Waals surface area contributed by atoms with Crippen LogP contribution < -0.4 is 5.30 Å². The second-order valence-electron chi connectivity index (χ2n) is 7.01. The Kier molecular flexibility index (Phi) is 6.97. The largest absolute Gasteiger partial charge is 0.336 e. The van der Waals surface area contributed by atoms with E-state index in [1.807, 2.05) is 32.0 Å². The lowest BCUT2D eigenvalue weighted by Crippen LogP contribution is -2.15. The predicted octanol–water partition coefficient (Wildman–Crippen LogP) is 5.33. The molecule has 4 heteroatoms. The molecule has 0 aromatic heterocycles. The van der Waals surface area contributed by atoms with Gasteiger partial charge in [-0.15, -0.1) is 0 Å². The van der Waals surface area contributed by atoms with E-state index in [4.69, 9.17) is 0 Å². The highest BCUT2D eigenvalue weighted by atomic mass is 31.2. The maximum Gasteiger partial charge on any atom is 0.298 e. The fraction of sp³-hybridized carbons (Fsp3) is 0.409. The van der Waals surface area contributed by atoms with Crippen LogP contribution in [-0.2, 0) is 17.4 Å². The van der Waals surface area contributed by atoms with Gasteiger partial charge in [0.25, 0.3) is 12.9 Å². The van der Waals surface area contributed by atoms with Gasteiger partial charge in [-0.05, 0) is 67.5 Å². The number of hydrogen-bond donors (Lipinski definition) is 1. The number of unbranched alkanes of at least 4 members (excludes halogenated alkanes) is 1. The highest BCUT2D eigenvalue weighted by molar-refractivity contribution is 7.82. The lowest BCUT2D eigenvalue weighted by atomic mass is 9.97. The van der Waals surface area contributed by atoms with E-state index in [0.29, 0.717) is 5.56 Å². The van der Waals surface area contributed by atoms with Crippen LogP contribution in [0.1, 0.15) is 65.7 Å². The zero-order chi connectivity index (χ0) is 19.3. The minimum Gasteiger partial charge on any atom is -0.336 e. The van der Waals surface area contributed by atoms with Crippen molar-refractivity contribution in [2.45, 2.75) is 59.8 Å². The summed E-state index contributed by atoms with van der Waals surface area (Å²) in [6.07, 6.45) is 4.94. The van der Waals surface area contributed by atoms with Crippen molar-refractivity contribution in [1.29, 1.82) is 0 Å². The Hall–Kier alpha value is -1.70. The lowest BCUT2D eigenvalue weighted by molar-refractivity contribution is 0.106. The Bertz CT molecular complexity index is 816. The summed E-state index contributed by atoms with van der Waals surface area (Å²) in [5.74, 6) is 0. The van der Waals surface area contributed by atoms with Gasteiger partial charge in [-0.1, -0.05) is 51.0 Å². The van der Waals surface area contributed by atoms with Gasteiger partial charge in [0.1, 0.15) is 0 Å². The van der Waals surface area contributed by atoms with Crippen molar-refractivity contribution < 1.29 is 14.3 Å². The molecule has 0 aliphatic heterocycles. The van der Waals surface area contributed by atoms with E-state index in [1.165, 1.54) is 5.56 Å². The molecule has 0 bridgehead atoms. The number of rotatable bonds is 8. The molecule has 0 aliphatic carbocycles. The second kappa shape index (κ2) is 8.79. The van der Waals surface area contributed by atoms with Crippen LogP contribution in [0.15, 0.2) is 36.4 Å². The van der Waals surface area contributed by atoms with Crippen molar-refractivity contribution >= 4 is 18.2 Å². The van der Waals surface area contributed by atoms with E-state index in [0.717, 1.165) is 48.8 Å². The third-order valence-electron chi connectivity index (χ3n) is 4.70. The number of carbonyl (C=O) groups is 1. The van der Waals surface area contributed by atoms with Crippen molar-refractivity contribution in [3.05, 3.63) is 64.2 Å². The molecule has 0 saturated heterocycles. The molecule has 0 fully saturated rings. The van der Waals surface area contributed by atoms with E-state index in [1.54, 1.807) is 18.2 Å². The predicted molar refractivity (Wildman–Crippen MR) is 109 cm³/mol. The topological polar surface area (TPSA) is 54.4 Å². The Labute approximate surface area is 156 Å². The summed E-state index contributed by atoms with van der Waals surface area (Å²) < 4.78 is 13.0. The minimum atomic E-state index is -4.14. The highest BCUT2D eigenvalue weighted by Crippen LogP contribution is 2.44. The van der Waals surface area contributed by atoms with E-state index in [9.17, 15) is 14.3 Å². The number of carbonyl (C=O) groups excluding carboxylic acids is 1. The molecule has 0 radical (unpaired) electrons. The third kappa shape index (κ3) is 4.52. The average molecular weight is 372 g/mol. The molecule has 26 heavy (non-hydrogen) atoms. The summed E-state index contributed by atoms with van der Waals surface area (Å²) in [7, 11) is -4.14. The smallest absolute Gasteiger partial charge is 0.298 e. The van der Waals surface area contributed by atoms with E-state index in [2.05, 4.69) is 13.8 Å². The molecule has 0 saturated carbocycles. The molecule has 2 rings (SSSR count). The summed E-state index contributed by atoms with van der Waals surface area (Å²) in [6, 6.07) is 10.9. The summed E-state index contributed by atoms with van der Waals surface area (Å²) in [5, 5.41) is 0.224. The molecule has 1 N–H and O–H groups in total. The van der Waals surface area contributed by atoms with Crippen molar-refractivity contribution in [2.75, 3.05) is 0 Å². The Morgan fingerprint density at radius 2 is 1.62 bits per heavy atom. The van der Waals surface area contributed by atoms with Crippen LogP contribution >= 0.6 is 7.37 Å². The minimum absolute atomic E-state index is 0.224. The van der Waals surface area contributed by atoms with Gasteiger partial charge in [0, 0.05) is 10.9 Å². The third-order valence-corrected chi connectivity index (χ3v) is 6.45. The Morgan fingerprint density at radius 1 is 0.962 bits per heavy atom. The van der Waals surface area contributed by atoms with Gasteiger partial charge in [-0.3, -0.25) is 9.36 Å². The molecule has 1 atom stereocenters. The first-order chi connectivity index (χ1) is 12.3. The van der Waals surface area contributed by atoms with Crippen LogP contribution in [0.3, 0.4) is 0 Å². The van der Waals surface area contributed by atoms with E-state index < -0.39 is 12.9 Å². The molecule has 3 nitrogen and oxygen atoms in total. The van der Waals surface area contributed by atoms with Crippen molar-refractivity contribution in [3.8, 4) is 0 Å². The monoisotopic (exact) mass is 372 g/mol. The standard InChI is InChI=1S/C22H29O3P/c1-5-7-10-19-13-16(3)21(17(4)14-19)22(23)26(24,25)20-12-8-11-18(15-20)9-6-2/h8,11-15H,5-7,9-10H2,1-4H3,(H,24,25). The van der Waals surface area contributed by atoms with E-state index in [-0.39, 0.29) is 5.30 Å². The molecule has 0 heterocycles. The first-order valence-corrected chi connectivity index (χ1v) is 11.0. The van der Waals surface area contributed by atoms with Crippen LogP contribution in [0.2, 0.25) is 0 Å². The van der Waals surface area contributed by atoms with Gasteiger partial charge in [-0.2, -0.15) is 0 Å². The summed E-state index contributed by atoms with van der Waals surface area (Å²) in [6.45, 7) is 7.90. The van der Waals surface area contributed by atoms with Gasteiger partial charge in [0.05, 0.1) is 0 Å². The zero-order valence-corrected chi connectivity index (χ0v) is 17.1. The fourth-order valence-corrected chi connectivity index (χ4v) is 4.89. The van der Waals surface area contributed by atoms with E-state index >= 15 is 0 Å². The maximum atomic E-state index is 13.0. The quantitative estimate of drug-likeness (QED) is 0.637. The molecule has 1 unspecified atom stereocenters. The summed E-state index contributed by atoms with van der Waals surface area (Å²) in [4.78, 5) is 23.7. The molecule has 2 aromatic rings. The van der Waals surface area contributed by atoms with Gasteiger partial charge in [-0.25, -0.2) is 0 Å². The fourth-order valence-electron chi connectivity index (χ4n) is 3.37. The maximum absolute atomic E-state index is 13.0. The first kappa shape index (κ1) is 20.6. The van der Waals surface area contributed by atoms with Gasteiger partial charge < -0.3 is 4.89 Å². The second-order valence-corrected chi connectivity index (χ2v) is 9.08. The summed E-state index contributed by atoms with van der Waals surface area (Å²) in [5.41, 5.74) is 3.44. The van der Waals surface area contributed by atoms with Crippen LogP contribution in [0, 0.1) is 13.8 Å². The number of aryl methyl sites for hydroxylation is 4. The van der Waals surface area contributed by atoms with Gasteiger partial charge >= 0.3 is 0 Å².